The van der Waals surface area contributed by atoms with E-state index in [4.69, 9.17) is 4.42 Å². The Hall–Kier alpha value is -3.96. The van der Waals surface area contributed by atoms with Gasteiger partial charge in [0.2, 0.25) is 5.89 Å². The number of carbonyl (C=O) groups is 1. The second-order valence-corrected chi connectivity index (χ2v) is 11.3. The molecule has 2 aromatic carbocycles. The number of carbonyl (C=O) groups excluding carboxylic acids is 1. The highest BCUT2D eigenvalue weighted by atomic mass is 32.2. The lowest BCUT2D eigenvalue weighted by Gasteiger charge is -2.30. The smallest absolute Gasteiger partial charge is 0.255 e. The molecule has 0 saturated carbocycles. The summed E-state index contributed by atoms with van der Waals surface area (Å²) >= 11 is 0. The molecular formula is C25H26N4O6S. The van der Waals surface area contributed by atoms with Gasteiger partial charge in [-0.2, -0.15) is 5.10 Å². The third-order valence-corrected chi connectivity index (χ3v) is 8.19. The number of aliphatic hydroxyl groups excluding tert-OH is 1. The van der Waals surface area contributed by atoms with E-state index in [0.29, 0.717) is 5.89 Å². The van der Waals surface area contributed by atoms with E-state index in [1.807, 2.05) is 24.3 Å². The summed E-state index contributed by atoms with van der Waals surface area (Å²) in [6.07, 6.45) is 5.81. The normalized spacial score (nSPS) is 14.2. The van der Waals surface area contributed by atoms with Gasteiger partial charge in [0.15, 0.2) is 9.84 Å². The van der Waals surface area contributed by atoms with Crippen molar-refractivity contribution >= 4 is 15.7 Å². The molecule has 2 heterocycles. The van der Waals surface area contributed by atoms with Crippen LogP contribution >= 0.6 is 0 Å². The minimum atomic E-state index is -3.72. The van der Waals surface area contributed by atoms with Gasteiger partial charge < -0.3 is 19.9 Å². The Labute approximate surface area is 208 Å². The third-order valence-electron chi connectivity index (χ3n) is 6.09. The van der Waals surface area contributed by atoms with Crippen molar-refractivity contribution in [1.82, 2.24) is 20.1 Å². The zero-order chi connectivity index (χ0) is 25.9. The van der Waals surface area contributed by atoms with E-state index in [1.165, 1.54) is 30.0 Å². The lowest BCUT2D eigenvalue weighted by molar-refractivity contribution is 0.0689. The monoisotopic (exact) mass is 510 g/mol. The first kappa shape index (κ1) is 25.1. The molecule has 0 aliphatic heterocycles. The number of sulfone groups is 1. The average Bonchev–Trinajstić information content (AvgIpc) is 3.55. The van der Waals surface area contributed by atoms with Crippen molar-refractivity contribution < 1.29 is 27.8 Å². The molecule has 0 fully saturated rings. The summed E-state index contributed by atoms with van der Waals surface area (Å²) < 4.78 is 30.3. The van der Waals surface area contributed by atoms with Crippen LogP contribution in [0.25, 0.3) is 22.6 Å². The molecule has 2 atom stereocenters. The van der Waals surface area contributed by atoms with E-state index in [9.17, 15) is 23.4 Å². The number of aromatic nitrogens is 3. The number of aromatic hydroxyl groups is 1. The molecule has 0 radical (unpaired) electrons. The van der Waals surface area contributed by atoms with Crippen LogP contribution in [0.1, 0.15) is 29.9 Å². The second-order valence-electron chi connectivity index (χ2n) is 8.73. The van der Waals surface area contributed by atoms with Gasteiger partial charge in [0.05, 0.1) is 22.7 Å². The molecule has 0 saturated heterocycles. The molecule has 36 heavy (non-hydrogen) atoms. The van der Waals surface area contributed by atoms with Gasteiger partial charge in [0, 0.05) is 36.5 Å². The van der Waals surface area contributed by atoms with Crippen LogP contribution in [0.15, 0.2) is 77.8 Å². The SMILES string of the molecule is CC(CNC(=O)c1ccccc1O)(CC(O)n1cc(-c2ccc(-c3ncco3)cc2)cn1)S(C)(=O)=O. The number of hydrogen-bond donors (Lipinski definition) is 3. The van der Waals surface area contributed by atoms with E-state index in [0.717, 1.165) is 22.9 Å². The number of phenolic OH excluding ortho intramolecular Hbond substituents is 1. The summed E-state index contributed by atoms with van der Waals surface area (Å²) in [6.45, 7) is 1.18. The minimum Gasteiger partial charge on any atom is -0.507 e. The number of rotatable bonds is 9. The number of nitrogens with one attached hydrogen (secondary N) is 1. The predicted octanol–water partition coefficient (Wildman–Crippen LogP) is 3.03. The number of para-hydroxylation sites is 1. The maximum Gasteiger partial charge on any atom is 0.255 e. The van der Waals surface area contributed by atoms with Gasteiger partial charge >= 0.3 is 0 Å². The number of aliphatic hydroxyl groups is 1. The molecule has 0 bridgehead atoms. The standard InChI is InChI=1S/C25H26N4O6S/c1-25(36(2,33)34,16-27-23(32)20-5-3-4-6-21(20)30)13-22(31)29-15-19(14-28-29)17-7-9-18(10-8-17)24-26-11-12-35-24/h3-12,14-15,22,30-31H,13,16H2,1-2H3,(H,27,32). The van der Waals surface area contributed by atoms with Crippen LogP contribution in [0, 0.1) is 0 Å². The molecular weight excluding hydrogens is 484 g/mol. The number of oxazole rings is 1. The Balaban J connectivity index is 1.47. The van der Waals surface area contributed by atoms with Crippen LogP contribution in [0.2, 0.25) is 0 Å². The van der Waals surface area contributed by atoms with Gasteiger partial charge in [-0.3, -0.25) is 4.79 Å². The summed E-state index contributed by atoms with van der Waals surface area (Å²) in [5.41, 5.74) is 2.40. The van der Waals surface area contributed by atoms with Crippen molar-refractivity contribution in [2.24, 2.45) is 0 Å². The zero-order valence-electron chi connectivity index (χ0n) is 19.7. The van der Waals surface area contributed by atoms with Crippen LogP contribution < -0.4 is 5.32 Å². The summed E-state index contributed by atoms with van der Waals surface area (Å²) in [5, 5.41) is 27.5. The van der Waals surface area contributed by atoms with Gasteiger partial charge in [-0.25, -0.2) is 18.1 Å². The Kier molecular flexibility index (Phi) is 6.95. The van der Waals surface area contributed by atoms with E-state index >= 15 is 0 Å². The lowest BCUT2D eigenvalue weighted by atomic mass is 10.0. The predicted molar refractivity (Wildman–Crippen MR) is 133 cm³/mol. The number of nitrogens with zero attached hydrogens (tertiary/aromatic N) is 3. The van der Waals surface area contributed by atoms with Crippen LogP contribution in [-0.2, 0) is 9.84 Å². The molecule has 2 aromatic heterocycles. The summed E-state index contributed by atoms with van der Waals surface area (Å²) in [4.78, 5) is 16.6. The van der Waals surface area contributed by atoms with Crippen molar-refractivity contribution in [3.63, 3.8) is 0 Å². The minimum absolute atomic E-state index is 0.0273. The molecule has 0 aliphatic rings. The highest BCUT2D eigenvalue weighted by molar-refractivity contribution is 7.92. The van der Waals surface area contributed by atoms with Crippen molar-refractivity contribution in [3.05, 3.63) is 78.9 Å². The van der Waals surface area contributed by atoms with E-state index in [1.54, 1.807) is 30.7 Å². The lowest BCUT2D eigenvalue weighted by Crippen LogP contribution is -2.47. The van der Waals surface area contributed by atoms with Gasteiger partial charge in [0.25, 0.3) is 5.91 Å². The molecule has 0 spiro atoms. The number of phenols is 1. The second kappa shape index (κ2) is 9.96. The quantitative estimate of drug-likeness (QED) is 0.311. The number of amides is 1. The van der Waals surface area contributed by atoms with E-state index < -0.39 is 26.7 Å². The molecule has 1 amide bonds. The summed E-state index contributed by atoms with van der Waals surface area (Å²) in [7, 11) is -3.72. The van der Waals surface area contributed by atoms with Crippen molar-refractivity contribution in [2.75, 3.05) is 12.8 Å². The fourth-order valence-corrected chi connectivity index (χ4v) is 4.47. The van der Waals surface area contributed by atoms with Gasteiger partial charge in [-0.15, -0.1) is 0 Å². The van der Waals surface area contributed by atoms with Crippen molar-refractivity contribution in [2.45, 2.75) is 24.3 Å². The van der Waals surface area contributed by atoms with Gasteiger partial charge in [-0.05, 0) is 36.8 Å². The number of hydrogen-bond acceptors (Lipinski definition) is 8. The maximum absolute atomic E-state index is 12.6. The topological polar surface area (TPSA) is 148 Å². The average molecular weight is 511 g/mol. The van der Waals surface area contributed by atoms with E-state index in [-0.39, 0.29) is 24.3 Å². The fourth-order valence-electron chi connectivity index (χ4n) is 3.68. The van der Waals surface area contributed by atoms with Crippen LogP contribution in [0.5, 0.6) is 5.75 Å². The first-order valence-electron chi connectivity index (χ1n) is 11.1. The molecule has 0 aliphatic carbocycles. The zero-order valence-corrected chi connectivity index (χ0v) is 20.5. The molecule has 3 N–H and O–H groups in total. The Morgan fingerprint density at radius 1 is 1.14 bits per heavy atom. The molecule has 188 valence electrons. The Morgan fingerprint density at radius 3 is 2.47 bits per heavy atom. The molecule has 10 nitrogen and oxygen atoms in total. The summed E-state index contributed by atoms with van der Waals surface area (Å²) in [5.74, 6) is -0.331. The van der Waals surface area contributed by atoms with E-state index in [2.05, 4.69) is 15.4 Å². The van der Waals surface area contributed by atoms with Gasteiger partial charge in [0.1, 0.15) is 18.2 Å². The largest absolute Gasteiger partial charge is 0.507 e. The molecule has 2 unspecified atom stereocenters. The first-order valence-corrected chi connectivity index (χ1v) is 12.9. The van der Waals surface area contributed by atoms with Gasteiger partial charge in [-0.1, -0.05) is 24.3 Å². The Morgan fingerprint density at radius 2 is 1.83 bits per heavy atom. The highest BCUT2D eigenvalue weighted by Crippen LogP contribution is 2.29. The first-order chi connectivity index (χ1) is 17.1. The van der Waals surface area contributed by atoms with Crippen LogP contribution in [0.3, 0.4) is 0 Å². The molecule has 4 aromatic rings. The van der Waals surface area contributed by atoms with Crippen LogP contribution in [-0.4, -0.2) is 56.9 Å². The van der Waals surface area contributed by atoms with Crippen LogP contribution in [0.4, 0.5) is 0 Å². The summed E-state index contributed by atoms with van der Waals surface area (Å²) in [6, 6.07) is 13.4. The highest BCUT2D eigenvalue weighted by Gasteiger charge is 2.39. The maximum atomic E-state index is 12.6. The molecule has 11 heteroatoms. The Bertz CT molecular complexity index is 1450. The number of benzene rings is 2. The molecule has 4 rings (SSSR count). The third kappa shape index (κ3) is 5.31. The fraction of sp³-hybridized carbons (Fsp3) is 0.240. The van der Waals surface area contributed by atoms with Crippen molar-refractivity contribution in [1.29, 1.82) is 0 Å². The van der Waals surface area contributed by atoms with Crippen molar-refractivity contribution in [3.8, 4) is 28.3 Å².